The number of para-hydroxylation sites is 1. The second-order valence-corrected chi connectivity index (χ2v) is 6.32. The first-order chi connectivity index (χ1) is 8.96. The lowest BCUT2D eigenvalue weighted by atomic mass is 9.74. The lowest BCUT2D eigenvalue weighted by Crippen LogP contribution is -2.42. The summed E-state index contributed by atoms with van der Waals surface area (Å²) in [5, 5.41) is 10.7. The van der Waals surface area contributed by atoms with Gasteiger partial charge in [-0.1, -0.05) is 31.0 Å². The number of amides is 1. The van der Waals surface area contributed by atoms with Crippen LogP contribution in [0.15, 0.2) is 24.3 Å². The molecule has 3 heteroatoms. The van der Waals surface area contributed by atoms with Gasteiger partial charge in [0.05, 0.1) is 11.0 Å². The number of aliphatic hydroxyl groups is 1. The zero-order chi connectivity index (χ0) is 13.7. The number of anilines is 1. The summed E-state index contributed by atoms with van der Waals surface area (Å²) in [5.41, 5.74) is 0.798. The number of likely N-dealkylation sites (N-methyl/N-ethyl adjacent to an activating group) is 1. The van der Waals surface area contributed by atoms with Gasteiger partial charge < -0.3 is 10.0 Å². The predicted octanol–water partition coefficient (Wildman–Crippen LogP) is 2.62. The lowest BCUT2D eigenvalue weighted by molar-refractivity contribution is -0.124. The van der Waals surface area contributed by atoms with Crippen LogP contribution in [0.2, 0.25) is 0 Å². The number of rotatable bonds is 2. The molecule has 1 atom stereocenters. The summed E-state index contributed by atoms with van der Waals surface area (Å²) in [4.78, 5) is 14.4. The minimum atomic E-state index is -0.664. The van der Waals surface area contributed by atoms with E-state index >= 15 is 0 Å². The van der Waals surface area contributed by atoms with E-state index in [0.29, 0.717) is 6.42 Å². The van der Waals surface area contributed by atoms with Crippen LogP contribution < -0.4 is 4.90 Å². The van der Waals surface area contributed by atoms with E-state index in [1.807, 2.05) is 38.2 Å². The van der Waals surface area contributed by atoms with Crippen LogP contribution in [-0.4, -0.2) is 23.7 Å². The molecule has 1 saturated carbocycles. The fourth-order valence-corrected chi connectivity index (χ4v) is 3.87. The van der Waals surface area contributed by atoms with Crippen LogP contribution >= 0.6 is 0 Å². The number of carbonyl (C=O) groups excluding carboxylic acids is 1. The standard InChI is InChI=1S/C16H21NO2/c1-15(11-16(19)9-5-6-10-16)12-7-3-4-8-13(12)17(2)14(15)18/h3-4,7-8,19H,5-6,9-11H2,1-2H3/t15-/m0/s1. The van der Waals surface area contributed by atoms with Crippen molar-refractivity contribution in [3.63, 3.8) is 0 Å². The minimum Gasteiger partial charge on any atom is -0.390 e. The summed E-state index contributed by atoms with van der Waals surface area (Å²) in [6.07, 6.45) is 4.32. The Balaban J connectivity index is 2.01. The Morgan fingerprint density at radius 2 is 1.89 bits per heavy atom. The first kappa shape index (κ1) is 12.7. The molecule has 1 heterocycles. The molecule has 1 aliphatic carbocycles. The molecule has 1 aromatic rings. The summed E-state index contributed by atoms with van der Waals surface area (Å²) < 4.78 is 0. The van der Waals surface area contributed by atoms with E-state index in [4.69, 9.17) is 0 Å². The van der Waals surface area contributed by atoms with Crippen molar-refractivity contribution in [2.75, 3.05) is 11.9 Å². The number of nitrogens with zero attached hydrogens (tertiary/aromatic N) is 1. The molecule has 2 aliphatic rings. The summed E-state index contributed by atoms with van der Waals surface area (Å²) in [6, 6.07) is 7.94. The first-order valence-corrected chi connectivity index (χ1v) is 7.06. The average molecular weight is 259 g/mol. The molecule has 1 aliphatic heterocycles. The van der Waals surface area contributed by atoms with Crippen LogP contribution in [0, 0.1) is 0 Å². The molecule has 0 unspecified atom stereocenters. The van der Waals surface area contributed by atoms with E-state index < -0.39 is 11.0 Å². The molecule has 0 aromatic heterocycles. The van der Waals surface area contributed by atoms with Crippen LogP contribution in [-0.2, 0) is 10.2 Å². The summed E-state index contributed by atoms with van der Waals surface area (Å²) in [7, 11) is 1.82. The Hall–Kier alpha value is -1.35. The van der Waals surface area contributed by atoms with Crippen molar-refractivity contribution in [2.24, 2.45) is 0 Å². The van der Waals surface area contributed by atoms with Crippen LogP contribution in [0.4, 0.5) is 5.69 Å². The van der Waals surface area contributed by atoms with Crippen molar-refractivity contribution < 1.29 is 9.90 Å². The SMILES string of the molecule is CN1C(=O)[C@@](C)(CC2(O)CCCC2)c2ccccc21. The Labute approximate surface area is 114 Å². The normalized spacial score (nSPS) is 28.8. The fourth-order valence-electron chi connectivity index (χ4n) is 3.87. The van der Waals surface area contributed by atoms with Crippen molar-refractivity contribution in [1.82, 2.24) is 0 Å². The Bertz CT molecular complexity index is 519. The topological polar surface area (TPSA) is 40.5 Å². The van der Waals surface area contributed by atoms with Crippen molar-refractivity contribution in [3.05, 3.63) is 29.8 Å². The molecule has 1 fully saturated rings. The van der Waals surface area contributed by atoms with Gasteiger partial charge in [0.1, 0.15) is 0 Å². The van der Waals surface area contributed by atoms with Crippen LogP contribution in [0.3, 0.4) is 0 Å². The lowest BCUT2D eigenvalue weighted by Gasteiger charge is -2.32. The maximum Gasteiger partial charge on any atom is 0.237 e. The molecule has 0 spiro atoms. The zero-order valence-electron chi connectivity index (χ0n) is 11.6. The monoisotopic (exact) mass is 259 g/mol. The second-order valence-electron chi connectivity index (χ2n) is 6.32. The molecule has 102 valence electrons. The van der Waals surface area contributed by atoms with Gasteiger partial charge in [0.25, 0.3) is 0 Å². The van der Waals surface area contributed by atoms with E-state index in [1.54, 1.807) is 4.90 Å². The van der Waals surface area contributed by atoms with Crippen LogP contribution in [0.1, 0.15) is 44.6 Å². The van der Waals surface area contributed by atoms with E-state index in [9.17, 15) is 9.90 Å². The predicted molar refractivity (Wildman–Crippen MR) is 75.2 cm³/mol. The largest absolute Gasteiger partial charge is 0.390 e. The quantitative estimate of drug-likeness (QED) is 0.887. The molecule has 3 rings (SSSR count). The van der Waals surface area contributed by atoms with Crippen molar-refractivity contribution in [2.45, 2.75) is 50.0 Å². The maximum atomic E-state index is 12.6. The van der Waals surface area contributed by atoms with Gasteiger partial charge in [0, 0.05) is 12.7 Å². The molecule has 0 bridgehead atoms. The average Bonchev–Trinajstić information content (AvgIpc) is 2.89. The highest BCUT2D eigenvalue weighted by molar-refractivity contribution is 6.07. The smallest absolute Gasteiger partial charge is 0.237 e. The van der Waals surface area contributed by atoms with Gasteiger partial charge in [-0.15, -0.1) is 0 Å². The minimum absolute atomic E-state index is 0.106. The first-order valence-electron chi connectivity index (χ1n) is 7.06. The molecule has 1 N–H and O–H groups in total. The van der Waals surface area contributed by atoms with Gasteiger partial charge in [-0.2, -0.15) is 0 Å². The Morgan fingerprint density at radius 3 is 2.58 bits per heavy atom. The number of carbonyl (C=O) groups is 1. The number of fused-ring (bicyclic) bond motifs is 1. The Morgan fingerprint density at radius 1 is 1.26 bits per heavy atom. The summed E-state index contributed by atoms with van der Waals surface area (Å²) in [5.74, 6) is 0.106. The highest BCUT2D eigenvalue weighted by atomic mass is 16.3. The van der Waals surface area contributed by atoms with Gasteiger partial charge in [0.2, 0.25) is 5.91 Å². The van der Waals surface area contributed by atoms with E-state index in [0.717, 1.165) is 36.9 Å². The third kappa shape index (κ3) is 1.79. The van der Waals surface area contributed by atoms with Crippen LogP contribution in [0.25, 0.3) is 0 Å². The van der Waals surface area contributed by atoms with Crippen molar-refractivity contribution in [3.8, 4) is 0 Å². The Kier molecular flexibility index (Phi) is 2.72. The third-order valence-electron chi connectivity index (χ3n) is 4.85. The van der Waals surface area contributed by atoms with Gasteiger partial charge in [-0.3, -0.25) is 4.79 Å². The number of hydrogen-bond acceptors (Lipinski definition) is 2. The highest BCUT2D eigenvalue weighted by Crippen LogP contribution is 2.48. The van der Waals surface area contributed by atoms with E-state index in [-0.39, 0.29) is 5.91 Å². The number of hydrogen-bond donors (Lipinski definition) is 1. The van der Waals surface area contributed by atoms with Crippen molar-refractivity contribution >= 4 is 11.6 Å². The third-order valence-corrected chi connectivity index (χ3v) is 4.85. The van der Waals surface area contributed by atoms with E-state index in [1.165, 1.54) is 0 Å². The fraction of sp³-hybridized carbons (Fsp3) is 0.562. The van der Waals surface area contributed by atoms with Gasteiger partial charge in [0.15, 0.2) is 0 Å². The van der Waals surface area contributed by atoms with E-state index in [2.05, 4.69) is 0 Å². The molecule has 1 aromatic carbocycles. The summed E-state index contributed by atoms with van der Waals surface area (Å²) >= 11 is 0. The summed E-state index contributed by atoms with van der Waals surface area (Å²) in [6.45, 7) is 1.98. The van der Waals surface area contributed by atoms with Gasteiger partial charge in [-0.05, 0) is 37.8 Å². The molecule has 19 heavy (non-hydrogen) atoms. The molecular weight excluding hydrogens is 238 g/mol. The molecule has 0 radical (unpaired) electrons. The van der Waals surface area contributed by atoms with Crippen molar-refractivity contribution in [1.29, 1.82) is 0 Å². The molecule has 0 saturated heterocycles. The maximum absolute atomic E-state index is 12.6. The second kappa shape index (κ2) is 4.07. The molecule has 3 nitrogen and oxygen atoms in total. The zero-order valence-corrected chi connectivity index (χ0v) is 11.6. The molecular formula is C16H21NO2. The van der Waals surface area contributed by atoms with Gasteiger partial charge >= 0.3 is 0 Å². The van der Waals surface area contributed by atoms with Gasteiger partial charge in [-0.25, -0.2) is 0 Å². The number of benzene rings is 1. The highest BCUT2D eigenvalue weighted by Gasteiger charge is 2.50. The van der Waals surface area contributed by atoms with Crippen LogP contribution in [0.5, 0.6) is 0 Å². The molecule has 1 amide bonds.